The van der Waals surface area contributed by atoms with E-state index in [4.69, 9.17) is 11.6 Å². The second-order valence-electron chi connectivity index (χ2n) is 7.40. The lowest BCUT2D eigenvalue weighted by Gasteiger charge is -2.46. The molecule has 1 heterocycles. The summed E-state index contributed by atoms with van der Waals surface area (Å²) in [6.45, 7) is 0. The molecule has 1 aliphatic carbocycles. The number of hydrogen-bond donors (Lipinski definition) is 1. The molecule has 2 aromatic rings. The van der Waals surface area contributed by atoms with Gasteiger partial charge >= 0.3 is 5.97 Å². The third kappa shape index (κ3) is 3.23. The van der Waals surface area contributed by atoms with E-state index in [1.807, 2.05) is 17.0 Å². The lowest BCUT2D eigenvalue weighted by Crippen LogP contribution is -2.50. The van der Waals surface area contributed by atoms with E-state index in [9.17, 15) is 14.7 Å². The molecule has 5 heteroatoms. The fourth-order valence-corrected chi connectivity index (χ4v) is 4.72. The molecule has 27 heavy (non-hydrogen) atoms. The van der Waals surface area contributed by atoms with Crippen LogP contribution in [-0.4, -0.2) is 27.9 Å². The third-order valence-electron chi connectivity index (χ3n) is 5.82. The molecule has 0 saturated heterocycles. The Bertz CT molecular complexity index is 858. The molecule has 1 saturated carbocycles. The Morgan fingerprint density at radius 1 is 1.00 bits per heavy atom. The van der Waals surface area contributed by atoms with Gasteiger partial charge in [-0.3, -0.25) is 9.59 Å². The number of fused-ring (bicyclic) bond motifs is 1. The van der Waals surface area contributed by atoms with Crippen molar-refractivity contribution in [1.82, 2.24) is 4.90 Å². The number of carboxylic acids is 1. The van der Waals surface area contributed by atoms with Gasteiger partial charge in [0.25, 0.3) is 5.91 Å². The molecule has 1 aliphatic heterocycles. The highest BCUT2D eigenvalue weighted by Crippen LogP contribution is 2.45. The number of benzene rings is 2. The van der Waals surface area contributed by atoms with Gasteiger partial charge in [-0.05, 0) is 42.2 Å². The molecule has 2 aliphatic rings. The van der Waals surface area contributed by atoms with Crippen LogP contribution in [0, 0.1) is 0 Å². The summed E-state index contributed by atoms with van der Waals surface area (Å²) in [7, 11) is 0. The van der Waals surface area contributed by atoms with Crippen molar-refractivity contribution in [3.63, 3.8) is 0 Å². The Labute approximate surface area is 163 Å². The summed E-state index contributed by atoms with van der Waals surface area (Å²) in [5.41, 5.74) is 1.93. The number of aliphatic carboxylic acids is 1. The lowest BCUT2D eigenvalue weighted by atomic mass is 9.77. The molecule has 1 fully saturated rings. The minimum Gasteiger partial charge on any atom is -0.481 e. The zero-order valence-corrected chi connectivity index (χ0v) is 15.7. The van der Waals surface area contributed by atoms with Gasteiger partial charge in [-0.15, -0.1) is 0 Å². The van der Waals surface area contributed by atoms with Crippen molar-refractivity contribution in [3.05, 3.63) is 70.2 Å². The number of amides is 1. The van der Waals surface area contributed by atoms with Gasteiger partial charge in [-0.2, -0.15) is 0 Å². The van der Waals surface area contributed by atoms with Crippen LogP contribution in [0.3, 0.4) is 0 Å². The molecule has 2 atom stereocenters. The third-order valence-corrected chi connectivity index (χ3v) is 6.07. The molecule has 1 amide bonds. The van der Waals surface area contributed by atoms with E-state index in [2.05, 4.69) is 0 Å². The van der Waals surface area contributed by atoms with Crippen molar-refractivity contribution in [2.24, 2.45) is 0 Å². The molecule has 0 unspecified atom stereocenters. The molecule has 0 bridgehead atoms. The molecular weight excluding hydrogens is 362 g/mol. The first-order chi connectivity index (χ1) is 13.1. The molecule has 2 aromatic carbocycles. The average molecular weight is 384 g/mol. The van der Waals surface area contributed by atoms with Crippen molar-refractivity contribution in [1.29, 1.82) is 0 Å². The summed E-state index contributed by atoms with van der Waals surface area (Å²) in [4.78, 5) is 27.6. The van der Waals surface area contributed by atoms with Crippen LogP contribution < -0.4 is 0 Å². The number of hydrogen-bond acceptors (Lipinski definition) is 2. The van der Waals surface area contributed by atoms with E-state index in [1.165, 1.54) is 6.42 Å². The summed E-state index contributed by atoms with van der Waals surface area (Å²) in [6, 6.07) is 13.9. The number of rotatable bonds is 3. The largest absolute Gasteiger partial charge is 0.481 e. The number of halogens is 1. The molecule has 140 valence electrons. The van der Waals surface area contributed by atoms with Crippen LogP contribution in [0.15, 0.2) is 48.5 Å². The topological polar surface area (TPSA) is 57.6 Å². The summed E-state index contributed by atoms with van der Waals surface area (Å²) in [5, 5.41) is 10.7. The highest BCUT2D eigenvalue weighted by molar-refractivity contribution is 6.30. The van der Waals surface area contributed by atoms with Gasteiger partial charge in [0.05, 0.1) is 6.04 Å². The Morgan fingerprint density at radius 3 is 2.33 bits per heavy atom. The maximum absolute atomic E-state index is 13.4. The van der Waals surface area contributed by atoms with Crippen molar-refractivity contribution in [2.75, 3.05) is 0 Å². The van der Waals surface area contributed by atoms with Crippen molar-refractivity contribution >= 4 is 23.5 Å². The quantitative estimate of drug-likeness (QED) is 0.807. The number of carbonyl (C=O) groups is 2. The van der Waals surface area contributed by atoms with Crippen LogP contribution in [0.2, 0.25) is 5.02 Å². The van der Waals surface area contributed by atoms with Crippen molar-refractivity contribution < 1.29 is 14.7 Å². The maximum Gasteiger partial charge on any atom is 0.313 e. The normalized spacial score (nSPS) is 23.1. The average Bonchev–Trinajstić information content (AvgIpc) is 2.69. The SMILES string of the molecule is O=C(O)[C@@H]1c2ccccc2C(=O)N(C2CCCCC2)[C@@H]1c1ccc(Cl)cc1. The number of nitrogens with zero attached hydrogens (tertiary/aromatic N) is 1. The lowest BCUT2D eigenvalue weighted by molar-refractivity contribution is -0.141. The first kappa shape index (κ1) is 18.1. The van der Waals surface area contributed by atoms with Gasteiger partial charge in [-0.25, -0.2) is 0 Å². The van der Waals surface area contributed by atoms with Gasteiger partial charge in [0, 0.05) is 16.6 Å². The predicted octanol–water partition coefficient (Wildman–Crippen LogP) is 5.04. The van der Waals surface area contributed by atoms with E-state index < -0.39 is 17.9 Å². The number of carbonyl (C=O) groups excluding carboxylic acids is 1. The van der Waals surface area contributed by atoms with E-state index >= 15 is 0 Å². The Morgan fingerprint density at radius 2 is 1.67 bits per heavy atom. The van der Waals surface area contributed by atoms with E-state index in [-0.39, 0.29) is 11.9 Å². The summed E-state index contributed by atoms with van der Waals surface area (Å²) in [6.07, 6.45) is 5.15. The van der Waals surface area contributed by atoms with Crippen molar-refractivity contribution in [2.45, 2.75) is 50.1 Å². The minimum absolute atomic E-state index is 0.0602. The summed E-state index contributed by atoms with van der Waals surface area (Å²) in [5.74, 6) is -1.76. The Kier molecular flexibility index (Phi) is 4.92. The van der Waals surface area contributed by atoms with Gasteiger partial charge in [-0.1, -0.05) is 61.2 Å². The number of carboxylic acid groups (broad SMARTS) is 1. The van der Waals surface area contributed by atoms with E-state index in [1.54, 1.807) is 36.4 Å². The summed E-state index contributed by atoms with van der Waals surface area (Å²) >= 11 is 6.05. The van der Waals surface area contributed by atoms with Gasteiger partial charge in [0.2, 0.25) is 0 Å². The molecule has 1 N–H and O–H groups in total. The van der Waals surface area contributed by atoms with Crippen LogP contribution in [0.1, 0.15) is 65.5 Å². The second-order valence-corrected chi connectivity index (χ2v) is 7.84. The zero-order valence-electron chi connectivity index (χ0n) is 15.0. The molecule has 4 nitrogen and oxygen atoms in total. The van der Waals surface area contributed by atoms with Crippen LogP contribution >= 0.6 is 11.6 Å². The smallest absolute Gasteiger partial charge is 0.313 e. The monoisotopic (exact) mass is 383 g/mol. The first-order valence-corrected chi connectivity index (χ1v) is 9.85. The predicted molar refractivity (Wildman–Crippen MR) is 104 cm³/mol. The van der Waals surface area contributed by atoms with Crippen molar-refractivity contribution in [3.8, 4) is 0 Å². The molecule has 0 aromatic heterocycles. The highest BCUT2D eigenvalue weighted by Gasteiger charge is 2.46. The summed E-state index contributed by atoms with van der Waals surface area (Å²) < 4.78 is 0. The minimum atomic E-state index is -0.907. The van der Waals surface area contributed by atoms with Crippen LogP contribution in [-0.2, 0) is 4.79 Å². The zero-order chi connectivity index (χ0) is 19.0. The molecule has 4 rings (SSSR count). The van der Waals surface area contributed by atoms with E-state index in [0.717, 1.165) is 31.2 Å². The fraction of sp³-hybridized carbons (Fsp3) is 0.364. The first-order valence-electron chi connectivity index (χ1n) is 9.48. The standard InChI is InChI=1S/C22H22ClNO3/c23-15-12-10-14(11-13-15)20-19(22(26)27)17-8-4-5-9-18(17)21(25)24(20)16-6-2-1-3-7-16/h4-5,8-13,16,19-20H,1-3,6-7H2,(H,26,27)/t19-,20-/m1/s1. The van der Waals surface area contributed by atoms with E-state index in [0.29, 0.717) is 16.1 Å². The maximum atomic E-state index is 13.4. The van der Waals surface area contributed by atoms with Gasteiger partial charge in [0.15, 0.2) is 0 Å². The van der Waals surface area contributed by atoms with Gasteiger partial charge < -0.3 is 10.0 Å². The van der Waals surface area contributed by atoms with Crippen LogP contribution in [0.5, 0.6) is 0 Å². The van der Waals surface area contributed by atoms with Gasteiger partial charge in [0.1, 0.15) is 5.92 Å². The Balaban J connectivity index is 1.89. The second kappa shape index (κ2) is 7.35. The molecule has 0 radical (unpaired) electrons. The van der Waals surface area contributed by atoms with Crippen LogP contribution in [0.4, 0.5) is 0 Å². The fourth-order valence-electron chi connectivity index (χ4n) is 4.59. The van der Waals surface area contributed by atoms with Crippen LogP contribution in [0.25, 0.3) is 0 Å². The molecular formula is C22H22ClNO3. The Hall–Kier alpha value is -2.33. The highest BCUT2D eigenvalue weighted by atomic mass is 35.5. The molecule has 0 spiro atoms.